The van der Waals surface area contributed by atoms with Crippen LogP contribution in [0, 0.1) is 17.4 Å². The van der Waals surface area contributed by atoms with Crippen molar-refractivity contribution < 1.29 is 8.42 Å². The van der Waals surface area contributed by atoms with Crippen molar-refractivity contribution in [2.24, 2.45) is 7.05 Å². The predicted molar refractivity (Wildman–Crippen MR) is 174 cm³/mol. The Morgan fingerprint density at radius 3 is 2.40 bits per heavy atom. The molecule has 0 unspecified atom stereocenters. The van der Waals surface area contributed by atoms with Gasteiger partial charge in [0.1, 0.15) is 0 Å². The Morgan fingerprint density at radius 1 is 1.05 bits per heavy atom. The number of benzene rings is 2. The fourth-order valence-corrected chi connectivity index (χ4v) is 6.81. The first-order chi connectivity index (χ1) is 19.9. The van der Waals surface area contributed by atoms with Gasteiger partial charge in [-0.15, -0.1) is 0 Å². The summed E-state index contributed by atoms with van der Waals surface area (Å²) in [7, 11) is -0.735. The summed E-state index contributed by atoms with van der Waals surface area (Å²) >= 11 is 2.24. The maximum atomic E-state index is 14.0. The van der Waals surface area contributed by atoms with Crippen molar-refractivity contribution in [3.8, 4) is 5.69 Å². The van der Waals surface area contributed by atoms with Gasteiger partial charge in [0.15, 0.2) is 0 Å². The van der Waals surface area contributed by atoms with E-state index in [-0.39, 0.29) is 46.8 Å². The summed E-state index contributed by atoms with van der Waals surface area (Å²) in [5.74, 6) is 0. The Labute approximate surface area is 257 Å². The number of anilines is 2. The maximum absolute atomic E-state index is 14.0. The van der Waals surface area contributed by atoms with Gasteiger partial charge < -0.3 is 9.88 Å². The molecule has 0 bridgehead atoms. The van der Waals surface area contributed by atoms with Crippen LogP contribution in [0.2, 0.25) is 0 Å². The summed E-state index contributed by atoms with van der Waals surface area (Å²) in [5.41, 5.74) is 2.11. The van der Waals surface area contributed by atoms with Crippen LogP contribution in [0.4, 0.5) is 11.4 Å². The lowest BCUT2D eigenvalue weighted by molar-refractivity contribution is 0.491. The number of pyridine rings is 1. The van der Waals surface area contributed by atoms with Gasteiger partial charge in [0, 0.05) is 41.5 Å². The summed E-state index contributed by atoms with van der Waals surface area (Å²) in [5, 5.41) is 3.64. The molecule has 222 valence electrons. The highest BCUT2D eigenvalue weighted by Crippen LogP contribution is 2.33. The number of aryl methyl sites for hydroxylation is 2. The van der Waals surface area contributed by atoms with Crippen LogP contribution in [0.1, 0.15) is 42.6 Å². The van der Waals surface area contributed by atoms with E-state index < -0.39 is 21.5 Å². The topological polar surface area (TPSA) is 127 Å². The summed E-state index contributed by atoms with van der Waals surface area (Å²) in [4.78, 5) is 41.6. The zero-order valence-corrected chi connectivity index (χ0v) is 27.0. The van der Waals surface area contributed by atoms with E-state index in [4.69, 9.17) is 0 Å². The molecule has 1 fully saturated rings. The smallest absolute Gasteiger partial charge is 0.336 e. The Kier molecular flexibility index (Phi) is 8.11. The van der Waals surface area contributed by atoms with Crippen molar-refractivity contribution in [3.05, 3.63) is 94.0 Å². The molecule has 0 aliphatic heterocycles. The Morgan fingerprint density at radius 2 is 1.76 bits per heavy atom. The van der Waals surface area contributed by atoms with Crippen molar-refractivity contribution in [1.29, 1.82) is 0 Å². The van der Waals surface area contributed by atoms with E-state index in [1.165, 1.54) is 26.8 Å². The average Bonchev–Trinajstić information content (AvgIpc) is 3.77. The van der Waals surface area contributed by atoms with Crippen LogP contribution in [0.5, 0.6) is 0 Å². The molecule has 1 aliphatic rings. The highest BCUT2D eigenvalue weighted by Gasteiger charge is 2.31. The van der Waals surface area contributed by atoms with Crippen LogP contribution in [-0.4, -0.2) is 40.0 Å². The number of nitrogens with zero attached hydrogens (tertiary/aromatic N) is 4. The minimum absolute atomic E-state index is 0.170. The fourth-order valence-electron chi connectivity index (χ4n) is 5.03. The molecule has 2 N–H and O–H groups in total. The summed E-state index contributed by atoms with van der Waals surface area (Å²) in [6, 6.07) is 12.1. The fraction of sp³-hybridized carbons (Fsp3) is 0.345. The molecule has 13 heteroatoms. The highest BCUT2D eigenvalue weighted by molar-refractivity contribution is 14.1. The van der Waals surface area contributed by atoms with Gasteiger partial charge in [-0.05, 0) is 85.2 Å². The van der Waals surface area contributed by atoms with Gasteiger partial charge in [0.2, 0.25) is 0 Å². The van der Waals surface area contributed by atoms with Gasteiger partial charge in [0.25, 0.3) is 11.1 Å². The molecule has 0 amide bonds. The second-order valence-corrected chi connectivity index (χ2v) is 13.5. The van der Waals surface area contributed by atoms with Crippen molar-refractivity contribution in [1.82, 2.24) is 18.0 Å². The monoisotopic (exact) mass is 704 g/mol. The van der Waals surface area contributed by atoms with Crippen LogP contribution in [0.25, 0.3) is 16.6 Å². The van der Waals surface area contributed by atoms with E-state index in [0.717, 1.165) is 19.1 Å². The molecule has 2 heterocycles. The SMILES string of the molecule is CCN(C)S(=O)(=O)Nc1cccc(-n2c(=O)n(C3CC3)c(=O)c3c(CNc4ccc(C)cc4I)n(C)c(=O)c(C)c32)c1. The summed E-state index contributed by atoms with van der Waals surface area (Å²) in [6.07, 6.45) is 1.40. The Bertz CT molecular complexity index is 2010. The van der Waals surface area contributed by atoms with Gasteiger partial charge in [0.05, 0.1) is 34.5 Å². The van der Waals surface area contributed by atoms with Crippen LogP contribution in [-0.2, 0) is 23.8 Å². The molecule has 5 rings (SSSR count). The van der Waals surface area contributed by atoms with Crippen LogP contribution in [0.3, 0.4) is 0 Å². The summed E-state index contributed by atoms with van der Waals surface area (Å²) in [6.45, 7) is 5.77. The predicted octanol–water partition coefficient (Wildman–Crippen LogP) is 3.63. The molecule has 1 saturated carbocycles. The number of rotatable bonds is 9. The molecule has 42 heavy (non-hydrogen) atoms. The van der Waals surface area contributed by atoms with E-state index in [2.05, 4.69) is 32.6 Å². The van der Waals surface area contributed by atoms with Gasteiger partial charge in [-0.1, -0.05) is 19.1 Å². The second kappa shape index (κ2) is 11.3. The molecular formula is C29H33IN6O5S. The molecule has 0 radical (unpaired) electrons. The van der Waals surface area contributed by atoms with E-state index in [1.807, 2.05) is 25.1 Å². The Balaban J connectivity index is 1.77. The normalized spacial score (nSPS) is 13.6. The number of aromatic nitrogens is 3. The molecule has 11 nitrogen and oxygen atoms in total. The summed E-state index contributed by atoms with van der Waals surface area (Å²) < 4.78 is 34.2. The highest BCUT2D eigenvalue weighted by atomic mass is 127. The van der Waals surface area contributed by atoms with E-state index >= 15 is 0 Å². The van der Waals surface area contributed by atoms with E-state index in [9.17, 15) is 22.8 Å². The van der Waals surface area contributed by atoms with Crippen LogP contribution < -0.4 is 26.8 Å². The van der Waals surface area contributed by atoms with Gasteiger partial charge in [-0.25, -0.2) is 4.79 Å². The number of halogens is 1. The van der Waals surface area contributed by atoms with Crippen molar-refractivity contribution in [2.45, 2.75) is 46.2 Å². The second-order valence-electron chi connectivity index (χ2n) is 10.6. The van der Waals surface area contributed by atoms with E-state index in [1.54, 1.807) is 39.1 Å². The first-order valence-corrected chi connectivity index (χ1v) is 16.1. The van der Waals surface area contributed by atoms with Crippen LogP contribution >= 0.6 is 22.6 Å². The maximum Gasteiger partial charge on any atom is 0.336 e. The molecule has 0 atom stereocenters. The third-order valence-electron chi connectivity index (χ3n) is 7.65. The van der Waals surface area contributed by atoms with Gasteiger partial charge in [-0.3, -0.25) is 23.4 Å². The largest absolute Gasteiger partial charge is 0.379 e. The number of hydrogen-bond acceptors (Lipinski definition) is 6. The van der Waals surface area contributed by atoms with Crippen molar-refractivity contribution in [2.75, 3.05) is 23.6 Å². The lowest BCUT2D eigenvalue weighted by atomic mass is 10.1. The number of fused-ring (bicyclic) bond motifs is 1. The molecule has 2 aromatic carbocycles. The molecule has 0 saturated heterocycles. The minimum atomic E-state index is -3.82. The molecule has 2 aromatic heterocycles. The zero-order chi connectivity index (χ0) is 30.5. The van der Waals surface area contributed by atoms with Gasteiger partial charge >= 0.3 is 15.9 Å². The van der Waals surface area contributed by atoms with Crippen molar-refractivity contribution >= 4 is 55.1 Å². The average molecular weight is 705 g/mol. The first-order valence-electron chi connectivity index (χ1n) is 13.6. The number of nitrogens with one attached hydrogen (secondary N) is 2. The molecule has 1 aliphatic carbocycles. The lowest BCUT2D eigenvalue weighted by Crippen LogP contribution is -2.41. The zero-order valence-electron chi connectivity index (χ0n) is 24.1. The minimum Gasteiger partial charge on any atom is -0.379 e. The molecular weight excluding hydrogens is 671 g/mol. The van der Waals surface area contributed by atoms with Crippen molar-refractivity contribution in [3.63, 3.8) is 0 Å². The molecule has 0 spiro atoms. The van der Waals surface area contributed by atoms with Crippen LogP contribution in [0.15, 0.2) is 56.8 Å². The Hall–Kier alpha value is -3.43. The third kappa shape index (κ3) is 5.40. The standard InChI is InChI=1S/C29H33IN6O5S/c1-6-33(4)42(40,41)32-19-8-7-9-21(15-19)35-26-18(3)27(37)34(5)24(16-31-23-13-10-17(2)14-22(23)30)25(26)28(38)36(29(35)39)20-11-12-20/h7-10,13-15,20,31-32H,6,11-12,16H2,1-5H3. The number of hydrogen-bond donors (Lipinski definition) is 2. The van der Waals surface area contributed by atoms with E-state index in [0.29, 0.717) is 24.2 Å². The molecule has 4 aromatic rings. The third-order valence-corrected chi connectivity index (χ3v) is 10.1. The lowest BCUT2D eigenvalue weighted by Gasteiger charge is -2.21. The quantitative estimate of drug-likeness (QED) is 0.257. The van der Waals surface area contributed by atoms with Gasteiger partial charge in [-0.2, -0.15) is 12.7 Å². The first kappa shape index (κ1) is 30.0.